The van der Waals surface area contributed by atoms with Gasteiger partial charge in [-0.3, -0.25) is 10.1 Å². The van der Waals surface area contributed by atoms with E-state index >= 15 is 0 Å². The minimum absolute atomic E-state index is 0.0417. The molecular formula is C16H19N3O4S. The predicted octanol–water partition coefficient (Wildman–Crippen LogP) is 2.48. The molecule has 0 spiro atoms. The first-order chi connectivity index (χ1) is 11.5. The van der Waals surface area contributed by atoms with Crippen molar-refractivity contribution in [1.29, 1.82) is 0 Å². The van der Waals surface area contributed by atoms with E-state index in [2.05, 4.69) is 15.6 Å². The first-order valence-corrected chi connectivity index (χ1v) is 8.30. The van der Waals surface area contributed by atoms with Crippen LogP contribution in [0.1, 0.15) is 34.6 Å². The summed E-state index contributed by atoms with van der Waals surface area (Å²) < 4.78 is 4.78. The van der Waals surface area contributed by atoms with Crippen LogP contribution in [0.25, 0.3) is 0 Å². The third-order valence-corrected chi connectivity index (χ3v) is 4.02. The van der Waals surface area contributed by atoms with Crippen molar-refractivity contribution in [2.75, 3.05) is 18.5 Å². The van der Waals surface area contributed by atoms with Gasteiger partial charge >= 0.3 is 6.09 Å². The van der Waals surface area contributed by atoms with Crippen molar-refractivity contribution in [1.82, 2.24) is 10.3 Å². The molecule has 1 atom stereocenters. The molecule has 0 radical (unpaired) electrons. The Morgan fingerprint density at radius 2 is 2.12 bits per heavy atom. The molecule has 7 nitrogen and oxygen atoms in total. The average Bonchev–Trinajstić information content (AvgIpc) is 3.01. The maximum atomic E-state index is 12.2. The number of carbonyl (C=O) groups is 2. The first-order valence-electron chi connectivity index (χ1n) is 7.42. The molecule has 24 heavy (non-hydrogen) atoms. The van der Waals surface area contributed by atoms with E-state index in [4.69, 9.17) is 4.74 Å². The normalized spacial score (nSPS) is 11.6. The first kappa shape index (κ1) is 17.9. The number of aliphatic hydroxyl groups excluding tert-OH is 1. The van der Waals surface area contributed by atoms with Crippen LogP contribution in [-0.2, 0) is 4.74 Å². The van der Waals surface area contributed by atoms with Crippen LogP contribution in [0.2, 0.25) is 0 Å². The molecule has 3 N–H and O–H groups in total. The van der Waals surface area contributed by atoms with Crippen molar-refractivity contribution < 1.29 is 19.4 Å². The lowest BCUT2D eigenvalue weighted by molar-refractivity contribution is 0.0912. The molecule has 1 aromatic carbocycles. The molecule has 1 unspecified atom stereocenters. The van der Waals surface area contributed by atoms with Gasteiger partial charge in [-0.1, -0.05) is 24.3 Å². The van der Waals surface area contributed by atoms with Crippen molar-refractivity contribution in [3.05, 3.63) is 46.6 Å². The third-order valence-electron chi connectivity index (χ3n) is 3.28. The topological polar surface area (TPSA) is 101 Å². The van der Waals surface area contributed by atoms with Crippen LogP contribution < -0.4 is 10.6 Å². The van der Waals surface area contributed by atoms with Crippen LogP contribution in [0, 0.1) is 6.92 Å². The number of benzene rings is 1. The Bertz CT molecular complexity index is 717. The highest BCUT2D eigenvalue weighted by atomic mass is 32.1. The van der Waals surface area contributed by atoms with E-state index < -0.39 is 18.1 Å². The second kappa shape index (κ2) is 8.42. The van der Waals surface area contributed by atoms with E-state index in [9.17, 15) is 14.7 Å². The van der Waals surface area contributed by atoms with Crippen LogP contribution in [0.15, 0.2) is 29.8 Å². The highest BCUT2D eigenvalue weighted by Crippen LogP contribution is 2.21. The number of nitrogens with one attached hydrogen (secondary N) is 2. The molecule has 8 heteroatoms. The third kappa shape index (κ3) is 4.53. The van der Waals surface area contributed by atoms with Gasteiger partial charge in [0, 0.05) is 6.54 Å². The van der Waals surface area contributed by atoms with Gasteiger partial charge in [-0.15, -0.1) is 11.3 Å². The Morgan fingerprint density at radius 1 is 1.38 bits per heavy atom. The van der Waals surface area contributed by atoms with Crippen molar-refractivity contribution in [2.45, 2.75) is 20.0 Å². The quantitative estimate of drug-likeness (QED) is 0.744. The van der Waals surface area contributed by atoms with E-state index in [1.165, 1.54) is 5.51 Å². The Kier molecular flexibility index (Phi) is 6.28. The monoisotopic (exact) mass is 349 g/mol. The van der Waals surface area contributed by atoms with Crippen LogP contribution in [0.5, 0.6) is 0 Å². The maximum Gasteiger partial charge on any atom is 0.412 e. The molecule has 0 saturated heterocycles. The number of carbonyl (C=O) groups excluding carboxylic acids is 2. The zero-order valence-electron chi connectivity index (χ0n) is 13.4. The fraction of sp³-hybridized carbons (Fsp3) is 0.312. The van der Waals surface area contributed by atoms with Gasteiger partial charge < -0.3 is 15.2 Å². The lowest BCUT2D eigenvalue weighted by Crippen LogP contribution is -2.29. The number of thiazole rings is 1. The summed E-state index contributed by atoms with van der Waals surface area (Å²) in [5.74, 6) is -0.476. The van der Waals surface area contributed by atoms with Gasteiger partial charge in [0.05, 0.1) is 18.2 Å². The molecule has 0 bridgehead atoms. The van der Waals surface area contributed by atoms with Gasteiger partial charge in [0.15, 0.2) is 5.69 Å². The van der Waals surface area contributed by atoms with E-state index in [0.29, 0.717) is 5.00 Å². The van der Waals surface area contributed by atoms with E-state index in [1.807, 2.05) is 31.2 Å². The Morgan fingerprint density at radius 3 is 2.83 bits per heavy atom. The Hall–Kier alpha value is -2.45. The van der Waals surface area contributed by atoms with Crippen molar-refractivity contribution in [2.24, 2.45) is 0 Å². The Balaban J connectivity index is 1.97. The molecule has 0 aliphatic carbocycles. The van der Waals surface area contributed by atoms with Gasteiger partial charge in [0.1, 0.15) is 5.00 Å². The molecular weight excluding hydrogens is 330 g/mol. The van der Waals surface area contributed by atoms with Gasteiger partial charge in [-0.2, -0.15) is 0 Å². The Labute approximate surface area is 143 Å². The lowest BCUT2D eigenvalue weighted by Gasteiger charge is -2.14. The highest BCUT2D eigenvalue weighted by molar-refractivity contribution is 7.14. The molecule has 2 rings (SSSR count). The molecule has 0 fully saturated rings. The van der Waals surface area contributed by atoms with Crippen molar-refractivity contribution >= 4 is 28.3 Å². The number of nitrogens with zero attached hydrogens (tertiary/aromatic N) is 1. The van der Waals surface area contributed by atoms with E-state index in [0.717, 1.165) is 22.5 Å². The maximum absolute atomic E-state index is 12.2. The smallest absolute Gasteiger partial charge is 0.412 e. The highest BCUT2D eigenvalue weighted by Gasteiger charge is 2.19. The van der Waals surface area contributed by atoms with Crippen LogP contribution in [0.4, 0.5) is 9.80 Å². The number of rotatable bonds is 6. The molecule has 1 heterocycles. The zero-order chi connectivity index (χ0) is 17.5. The average molecular weight is 349 g/mol. The number of aryl methyl sites for hydroxylation is 1. The van der Waals surface area contributed by atoms with Crippen molar-refractivity contribution in [3.63, 3.8) is 0 Å². The lowest BCUT2D eigenvalue weighted by atomic mass is 10.0. The van der Waals surface area contributed by atoms with E-state index in [-0.39, 0.29) is 18.8 Å². The largest absolute Gasteiger partial charge is 0.450 e. The van der Waals surface area contributed by atoms with Crippen LogP contribution >= 0.6 is 11.3 Å². The summed E-state index contributed by atoms with van der Waals surface area (Å²) in [6.45, 7) is 3.85. The summed E-state index contributed by atoms with van der Waals surface area (Å²) in [7, 11) is 0. The predicted molar refractivity (Wildman–Crippen MR) is 91.2 cm³/mol. The summed E-state index contributed by atoms with van der Waals surface area (Å²) in [6, 6.07) is 7.41. The standard InChI is InChI=1S/C16H19N3O4S/c1-3-23-16(22)19-15-13(18-9-24-15)14(21)17-8-12(20)11-7-5-4-6-10(11)2/h4-7,9,12,20H,3,8H2,1-2H3,(H,17,21)(H,19,22). The molecule has 0 saturated carbocycles. The molecule has 128 valence electrons. The molecule has 1 aromatic heterocycles. The molecule has 0 aliphatic heterocycles. The van der Waals surface area contributed by atoms with Gasteiger partial charge in [0.2, 0.25) is 0 Å². The van der Waals surface area contributed by atoms with Gasteiger partial charge in [-0.05, 0) is 25.0 Å². The second-order valence-corrected chi connectivity index (χ2v) is 5.81. The number of anilines is 1. The summed E-state index contributed by atoms with van der Waals surface area (Å²) in [4.78, 5) is 27.6. The minimum atomic E-state index is -0.824. The number of aliphatic hydroxyl groups is 1. The summed E-state index contributed by atoms with van der Waals surface area (Å²) in [6.07, 6.45) is -1.47. The number of aromatic nitrogens is 1. The summed E-state index contributed by atoms with van der Waals surface area (Å²) in [5, 5.41) is 15.6. The molecule has 0 aliphatic rings. The summed E-state index contributed by atoms with van der Waals surface area (Å²) >= 11 is 1.12. The minimum Gasteiger partial charge on any atom is -0.450 e. The number of ether oxygens (including phenoxy) is 1. The number of hydrogen-bond acceptors (Lipinski definition) is 6. The van der Waals surface area contributed by atoms with Gasteiger partial charge in [0.25, 0.3) is 5.91 Å². The van der Waals surface area contributed by atoms with Gasteiger partial charge in [-0.25, -0.2) is 9.78 Å². The van der Waals surface area contributed by atoms with E-state index in [1.54, 1.807) is 6.92 Å². The fourth-order valence-electron chi connectivity index (χ4n) is 2.10. The fourth-order valence-corrected chi connectivity index (χ4v) is 2.76. The SMILES string of the molecule is CCOC(=O)Nc1scnc1C(=O)NCC(O)c1ccccc1C. The zero-order valence-corrected chi connectivity index (χ0v) is 14.2. The number of amides is 2. The van der Waals surface area contributed by atoms with Crippen molar-refractivity contribution in [3.8, 4) is 0 Å². The summed E-state index contributed by atoms with van der Waals surface area (Å²) in [5.41, 5.74) is 3.23. The molecule has 2 amide bonds. The number of hydrogen-bond donors (Lipinski definition) is 3. The molecule has 2 aromatic rings. The van der Waals surface area contributed by atoms with Crippen LogP contribution in [-0.4, -0.2) is 35.2 Å². The second-order valence-electron chi connectivity index (χ2n) is 4.96. The van der Waals surface area contributed by atoms with Crippen LogP contribution in [0.3, 0.4) is 0 Å².